The van der Waals surface area contributed by atoms with Gasteiger partial charge in [-0.3, -0.25) is 4.68 Å². The van der Waals surface area contributed by atoms with Gasteiger partial charge in [0, 0.05) is 18.3 Å². The van der Waals surface area contributed by atoms with Crippen LogP contribution in [-0.2, 0) is 6.54 Å². The van der Waals surface area contributed by atoms with Crippen LogP contribution in [0.4, 0.5) is 0 Å². The summed E-state index contributed by atoms with van der Waals surface area (Å²) in [6.07, 6.45) is 3.94. The van der Waals surface area contributed by atoms with Gasteiger partial charge in [-0.05, 0) is 19.4 Å². The van der Waals surface area contributed by atoms with Crippen molar-refractivity contribution in [2.24, 2.45) is 5.73 Å². The fourth-order valence-corrected chi connectivity index (χ4v) is 1.91. The van der Waals surface area contributed by atoms with Crippen LogP contribution in [0.2, 0.25) is 0 Å². The van der Waals surface area contributed by atoms with E-state index in [0.29, 0.717) is 6.54 Å². The van der Waals surface area contributed by atoms with E-state index < -0.39 is 0 Å². The van der Waals surface area contributed by atoms with Crippen LogP contribution in [0.3, 0.4) is 0 Å². The van der Waals surface area contributed by atoms with E-state index in [1.165, 1.54) is 16.7 Å². The first-order valence-electron chi connectivity index (χ1n) is 5.50. The van der Waals surface area contributed by atoms with Gasteiger partial charge in [0.2, 0.25) is 0 Å². The molecule has 0 spiro atoms. The molecule has 0 bridgehead atoms. The third kappa shape index (κ3) is 3.32. The van der Waals surface area contributed by atoms with Crippen molar-refractivity contribution in [3.8, 4) is 11.1 Å². The predicted molar refractivity (Wildman–Crippen MR) is 73.4 cm³/mol. The lowest BCUT2D eigenvalue weighted by Gasteiger charge is -2.02. The highest BCUT2D eigenvalue weighted by molar-refractivity contribution is 5.85. The van der Waals surface area contributed by atoms with E-state index in [2.05, 4.69) is 37.1 Å². The average molecular weight is 252 g/mol. The molecule has 0 aliphatic carbocycles. The molecule has 0 aliphatic heterocycles. The zero-order valence-electron chi connectivity index (χ0n) is 10.2. The number of rotatable bonds is 3. The van der Waals surface area contributed by atoms with Crippen LogP contribution in [0.15, 0.2) is 30.6 Å². The van der Waals surface area contributed by atoms with Gasteiger partial charge in [0.25, 0.3) is 0 Å². The Bertz CT molecular complexity index is 471. The Kier molecular flexibility index (Phi) is 4.73. The predicted octanol–water partition coefficient (Wildman–Crippen LogP) is 2.55. The van der Waals surface area contributed by atoms with Gasteiger partial charge in [0.1, 0.15) is 0 Å². The van der Waals surface area contributed by atoms with Crippen molar-refractivity contribution >= 4 is 12.4 Å². The Balaban J connectivity index is 0.00000144. The maximum Gasteiger partial charge on any atom is 0.0568 e. The molecule has 1 aromatic heterocycles. The van der Waals surface area contributed by atoms with Crippen molar-refractivity contribution < 1.29 is 0 Å². The van der Waals surface area contributed by atoms with Crippen LogP contribution in [0.5, 0.6) is 0 Å². The van der Waals surface area contributed by atoms with E-state index in [9.17, 15) is 0 Å². The van der Waals surface area contributed by atoms with E-state index >= 15 is 0 Å². The Morgan fingerprint density at radius 1 is 1.12 bits per heavy atom. The molecule has 1 heterocycles. The summed E-state index contributed by atoms with van der Waals surface area (Å²) in [5, 5.41) is 4.28. The molecule has 0 fully saturated rings. The number of aryl methyl sites for hydroxylation is 2. The molecule has 0 saturated carbocycles. The summed E-state index contributed by atoms with van der Waals surface area (Å²) >= 11 is 0. The molecule has 17 heavy (non-hydrogen) atoms. The summed E-state index contributed by atoms with van der Waals surface area (Å²) in [5.74, 6) is 0. The largest absolute Gasteiger partial charge is 0.329 e. The standard InChI is InChI=1S/C13H17N3.ClH/c1-10-5-11(2)7-12(6-10)13-8-15-16(9-13)4-3-14;/h5-9H,3-4,14H2,1-2H3;1H. The molecule has 4 heteroatoms. The molecule has 2 rings (SSSR count). The van der Waals surface area contributed by atoms with Crippen LogP contribution >= 0.6 is 12.4 Å². The minimum Gasteiger partial charge on any atom is -0.329 e. The molecule has 1 aromatic carbocycles. The summed E-state index contributed by atoms with van der Waals surface area (Å²) in [7, 11) is 0. The summed E-state index contributed by atoms with van der Waals surface area (Å²) in [5.41, 5.74) is 10.4. The molecule has 92 valence electrons. The van der Waals surface area contributed by atoms with Gasteiger partial charge < -0.3 is 5.73 Å². The first-order chi connectivity index (χ1) is 7.69. The Morgan fingerprint density at radius 3 is 2.35 bits per heavy atom. The molecule has 0 radical (unpaired) electrons. The highest BCUT2D eigenvalue weighted by Crippen LogP contribution is 2.21. The van der Waals surface area contributed by atoms with E-state index in [4.69, 9.17) is 5.73 Å². The molecule has 0 amide bonds. The van der Waals surface area contributed by atoms with Gasteiger partial charge >= 0.3 is 0 Å². The second-order valence-corrected chi connectivity index (χ2v) is 4.16. The van der Waals surface area contributed by atoms with Crippen molar-refractivity contribution in [1.82, 2.24) is 9.78 Å². The normalized spacial score (nSPS) is 10.1. The third-order valence-corrected chi connectivity index (χ3v) is 2.55. The van der Waals surface area contributed by atoms with E-state index in [-0.39, 0.29) is 12.4 Å². The quantitative estimate of drug-likeness (QED) is 0.911. The topological polar surface area (TPSA) is 43.8 Å². The van der Waals surface area contributed by atoms with Crippen LogP contribution in [0.25, 0.3) is 11.1 Å². The summed E-state index contributed by atoms with van der Waals surface area (Å²) in [6.45, 7) is 5.61. The highest BCUT2D eigenvalue weighted by atomic mass is 35.5. The molecular weight excluding hydrogens is 234 g/mol. The number of nitrogens with two attached hydrogens (primary N) is 1. The van der Waals surface area contributed by atoms with Gasteiger partial charge in [0.05, 0.1) is 12.7 Å². The van der Waals surface area contributed by atoms with Gasteiger partial charge in [-0.1, -0.05) is 29.3 Å². The number of nitrogens with zero attached hydrogens (tertiary/aromatic N) is 2. The minimum atomic E-state index is 0. The lowest BCUT2D eigenvalue weighted by Crippen LogP contribution is -2.09. The van der Waals surface area contributed by atoms with Crippen molar-refractivity contribution in [2.45, 2.75) is 20.4 Å². The van der Waals surface area contributed by atoms with Crippen molar-refractivity contribution in [1.29, 1.82) is 0 Å². The fourth-order valence-electron chi connectivity index (χ4n) is 1.91. The molecule has 0 aliphatic rings. The van der Waals surface area contributed by atoms with Gasteiger partial charge in [0.15, 0.2) is 0 Å². The Morgan fingerprint density at radius 2 is 1.76 bits per heavy atom. The maximum absolute atomic E-state index is 5.50. The lowest BCUT2D eigenvalue weighted by molar-refractivity contribution is 0.625. The molecule has 3 nitrogen and oxygen atoms in total. The fraction of sp³-hybridized carbons (Fsp3) is 0.308. The highest BCUT2D eigenvalue weighted by Gasteiger charge is 2.02. The van der Waals surface area contributed by atoms with Gasteiger partial charge in [-0.25, -0.2) is 0 Å². The zero-order chi connectivity index (χ0) is 11.5. The Labute approximate surface area is 108 Å². The van der Waals surface area contributed by atoms with E-state index in [1.807, 2.05) is 17.1 Å². The van der Waals surface area contributed by atoms with E-state index in [0.717, 1.165) is 12.1 Å². The maximum atomic E-state index is 5.50. The van der Waals surface area contributed by atoms with Crippen molar-refractivity contribution in [3.63, 3.8) is 0 Å². The average Bonchev–Trinajstić information content (AvgIpc) is 2.65. The van der Waals surface area contributed by atoms with Crippen LogP contribution < -0.4 is 5.73 Å². The molecule has 0 atom stereocenters. The molecular formula is C13H18ClN3. The van der Waals surface area contributed by atoms with E-state index in [1.54, 1.807) is 0 Å². The van der Waals surface area contributed by atoms with Crippen LogP contribution in [0.1, 0.15) is 11.1 Å². The first-order valence-corrected chi connectivity index (χ1v) is 5.50. The second kappa shape index (κ2) is 5.84. The number of benzene rings is 1. The monoisotopic (exact) mass is 251 g/mol. The number of hydrogen-bond donors (Lipinski definition) is 1. The molecule has 0 unspecified atom stereocenters. The first kappa shape index (κ1) is 13.7. The summed E-state index contributed by atoms with van der Waals surface area (Å²) < 4.78 is 1.88. The summed E-state index contributed by atoms with van der Waals surface area (Å²) in [4.78, 5) is 0. The lowest BCUT2D eigenvalue weighted by atomic mass is 10.0. The molecule has 2 aromatic rings. The number of hydrogen-bond acceptors (Lipinski definition) is 2. The van der Waals surface area contributed by atoms with Crippen LogP contribution in [0, 0.1) is 13.8 Å². The van der Waals surface area contributed by atoms with Crippen molar-refractivity contribution in [2.75, 3.05) is 6.54 Å². The smallest absolute Gasteiger partial charge is 0.0568 e. The summed E-state index contributed by atoms with van der Waals surface area (Å²) in [6, 6.07) is 6.53. The number of aromatic nitrogens is 2. The zero-order valence-corrected chi connectivity index (χ0v) is 11.0. The third-order valence-electron chi connectivity index (χ3n) is 2.55. The van der Waals surface area contributed by atoms with Crippen molar-refractivity contribution in [3.05, 3.63) is 41.7 Å². The number of halogens is 1. The van der Waals surface area contributed by atoms with Gasteiger partial charge in [-0.2, -0.15) is 5.10 Å². The Hall–Kier alpha value is -1.32. The molecule has 0 saturated heterocycles. The van der Waals surface area contributed by atoms with Crippen LogP contribution in [-0.4, -0.2) is 16.3 Å². The minimum absolute atomic E-state index is 0. The SMILES string of the molecule is Cc1cc(C)cc(-c2cnn(CCN)c2)c1.Cl. The molecule has 2 N–H and O–H groups in total. The second-order valence-electron chi connectivity index (χ2n) is 4.16. The van der Waals surface area contributed by atoms with Gasteiger partial charge in [-0.15, -0.1) is 12.4 Å².